The highest BCUT2D eigenvalue weighted by Gasteiger charge is 2.31. The Kier molecular flexibility index (Phi) is 7.09. The van der Waals surface area contributed by atoms with E-state index in [0.29, 0.717) is 4.75 Å². The fraction of sp³-hybridized carbons (Fsp3) is 1.00. The minimum atomic E-state index is 0.402. The minimum absolute atomic E-state index is 0.402. The summed E-state index contributed by atoms with van der Waals surface area (Å²) in [5, 5.41) is 0. The fourth-order valence-corrected chi connectivity index (χ4v) is 2.13. The fourth-order valence-electron chi connectivity index (χ4n) is 1.69. The van der Waals surface area contributed by atoms with Crippen molar-refractivity contribution in [3.8, 4) is 0 Å². The van der Waals surface area contributed by atoms with Gasteiger partial charge in [0.15, 0.2) is 0 Å². The van der Waals surface area contributed by atoms with Gasteiger partial charge in [-0.3, -0.25) is 0 Å². The molecule has 0 bridgehead atoms. The van der Waals surface area contributed by atoms with Gasteiger partial charge < -0.3 is 0 Å². The highest BCUT2D eigenvalue weighted by Crippen LogP contribution is 2.41. The van der Waals surface area contributed by atoms with Gasteiger partial charge in [0.1, 0.15) is 0 Å². The molecule has 0 aromatic carbocycles. The van der Waals surface area contributed by atoms with Crippen LogP contribution in [0.25, 0.3) is 0 Å². The van der Waals surface area contributed by atoms with Crippen molar-refractivity contribution in [3.05, 3.63) is 0 Å². The molecule has 1 rings (SSSR count). The molecule has 0 aromatic rings. The van der Waals surface area contributed by atoms with Gasteiger partial charge in [-0.05, 0) is 31.6 Å². The van der Waals surface area contributed by atoms with Crippen LogP contribution in [0, 0.1) is 5.92 Å². The van der Waals surface area contributed by atoms with Gasteiger partial charge in [0.2, 0.25) is 0 Å². The van der Waals surface area contributed by atoms with Crippen molar-refractivity contribution in [2.45, 2.75) is 62.0 Å². The van der Waals surface area contributed by atoms with Crippen LogP contribution in [0.2, 0.25) is 0 Å². The van der Waals surface area contributed by atoms with Gasteiger partial charge in [-0.2, -0.15) is 12.6 Å². The monoisotopic (exact) mass is 314 g/mol. The van der Waals surface area contributed by atoms with E-state index in [0.717, 1.165) is 9.84 Å². The average molecular weight is 314 g/mol. The molecule has 1 aliphatic carbocycles. The molecule has 1 saturated carbocycles. The Hall–Kier alpha value is 1.08. The van der Waals surface area contributed by atoms with E-state index in [2.05, 4.69) is 62.9 Å². The van der Waals surface area contributed by atoms with E-state index in [4.69, 9.17) is 0 Å². The van der Waals surface area contributed by atoms with Gasteiger partial charge >= 0.3 is 0 Å². The molecule has 0 saturated heterocycles. The average Bonchev–Trinajstić information content (AvgIpc) is 2.31. The summed E-state index contributed by atoms with van der Waals surface area (Å²) in [5.74, 6) is 0.919. The van der Waals surface area contributed by atoms with E-state index in [-0.39, 0.29) is 0 Å². The first-order valence-corrected chi connectivity index (χ1v) is 6.95. The maximum absolute atomic E-state index is 4.64. The summed E-state index contributed by atoms with van der Waals surface area (Å²) in [6.07, 6.45) is 5.28. The van der Waals surface area contributed by atoms with E-state index in [9.17, 15) is 0 Å². The van der Waals surface area contributed by atoms with Gasteiger partial charge in [0.25, 0.3) is 0 Å². The molecule has 0 N–H and O–H groups in total. The van der Waals surface area contributed by atoms with Crippen LogP contribution in [0.1, 0.15) is 53.4 Å². The molecule has 0 spiro atoms. The van der Waals surface area contributed by atoms with E-state index in [1.54, 1.807) is 0 Å². The third-order valence-electron chi connectivity index (χ3n) is 2.49. The Morgan fingerprint density at radius 2 is 2.00 bits per heavy atom. The number of hydrogen-bond donors (Lipinski definition) is 1. The number of hydrogen-bond acceptors (Lipinski definition) is 1. The van der Waals surface area contributed by atoms with Crippen LogP contribution in [0.5, 0.6) is 0 Å². The normalized spacial score (nSPS) is 33.0. The topological polar surface area (TPSA) is 0 Å². The maximum atomic E-state index is 4.64. The molecule has 0 amide bonds. The van der Waals surface area contributed by atoms with Crippen LogP contribution in [0.15, 0.2) is 0 Å². The SMILES string of the molecule is CC(C)I.CCC1(S)CCC(C)C1. The molecule has 0 aliphatic heterocycles. The third-order valence-corrected chi connectivity index (χ3v) is 3.21. The molecule has 1 fully saturated rings. The lowest BCUT2D eigenvalue weighted by molar-refractivity contribution is 0.549. The molecule has 2 atom stereocenters. The van der Waals surface area contributed by atoms with Crippen molar-refractivity contribution >= 4 is 35.2 Å². The van der Waals surface area contributed by atoms with Crippen LogP contribution >= 0.6 is 35.2 Å². The zero-order chi connectivity index (χ0) is 10.5. The summed E-state index contributed by atoms with van der Waals surface area (Å²) in [7, 11) is 0. The number of alkyl halides is 1. The minimum Gasteiger partial charge on any atom is -0.173 e. The molecule has 2 unspecified atom stereocenters. The molecular formula is C11H23IS. The molecule has 2 heteroatoms. The van der Waals surface area contributed by atoms with Crippen molar-refractivity contribution in [2.75, 3.05) is 0 Å². The third kappa shape index (κ3) is 7.06. The first-order chi connectivity index (χ1) is 5.89. The van der Waals surface area contributed by atoms with Crippen molar-refractivity contribution in [3.63, 3.8) is 0 Å². The lowest BCUT2D eigenvalue weighted by Gasteiger charge is -2.19. The van der Waals surface area contributed by atoms with Crippen molar-refractivity contribution < 1.29 is 0 Å². The highest BCUT2D eigenvalue weighted by molar-refractivity contribution is 14.1. The number of rotatable bonds is 1. The van der Waals surface area contributed by atoms with E-state index in [1.807, 2.05) is 0 Å². The molecule has 80 valence electrons. The van der Waals surface area contributed by atoms with Crippen molar-refractivity contribution in [1.29, 1.82) is 0 Å². The molecule has 13 heavy (non-hydrogen) atoms. The summed E-state index contributed by atoms with van der Waals surface area (Å²) in [4.78, 5) is 0. The van der Waals surface area contributed by atoms with Crippen molar-refractivity contribution in [1.82, 2.24) is 0 Å². The molecular weight excluding hydrogens is 291 g/mol. The standard InChI is InChI=1S/C8H16S.C3H7I/c1-3-8(9)5-4-7(2)6-8;1-3(2)4/h7,9H,3-6H2,1-2H3;3H,1-2H3. The van der Waals surface area contributed by atoms with E-state index in [1.165, 1.54) is 25.7 Å². The Bertz CT molecular complexity index is 133. The highest BCUT2D eigenvalue weighted by atomic mass is 127. The zero-order valence-electron chi connectivity index (χ0n) is 9.31. The van der Waals surface area contributed by atoms with Gasteiger partial charge in [-0.25, -0.2) is 0 Å². The lowest BCUT2D eigenvalue weighted by Crippen LogP contribution is -2.14. The lowest BCUT2D eigenvalue weighted by atomic mass is 10.0. The van der Waals surface area contributed by atoms with Crippen molar-refractivity contribution in [2.24, 2.45) is 5.92 Å². The molecule has 1 aliphatic rings. The van der Waals surface area contributed by atoms with Crippen LogP contribution in [0.4, 0.5) is 0 Å². The molecule has 0 aromatic heterocycles. The summed E-state index contributed by atoms with van der Waals surface area (Å²) in [6, 6.07) is 0. The molecule has 0 heterocycles. The van der Waals surface area contributed by atoms with Gasteiger partial charge in [0, 0.05) is 8.67 Å². The second-order valence-corrected chi connectivity index (χ2v) is 7.88. The number of thiol groups is 1. The Morgan fingerprint density at radius 1 is 1.54 bits per heavy atom. The Labute approximate surface area is 103 Å². The first kappa shape index (κ1) is 14.1. The summed E-state index contributed by atoms with van der Waals surface area (Å²) < 4.78 is 1.21. The van der Waals surface area contributed by atoms with Gasteiger partial charge in [-0.1, -0.05) is 50.3 Å². The van der Waals surface area contributed by atoms with E-state index < -0.39 is 0 Å². The molecule has 0 radical (unpaired) electrons. The van der Waals surface area contributed by atoms with Crippen LogP contribution < -0.4 is 0 Å². The van der Waals surface area contributed by atoms with Gasteiger partial charge in [0.05, 0.1) is 0 Å². The van der Waals surface area contributed by atoms with Crippen LogP contribution in [-0.4, -0.2) is 8.67 Å². The smallest absolute Gasteiger partial charge is 0.0130 e. The quantitative estimate of drug-likeness (QED) is 0.404. The summed E-state index contributed by atoms with van der Waals surface area (Å²) >= 11 is 6.98. The largest absolute Gasteiger partial charge is 0.173 e. The maximum Gasteiger partial charge on any atom is 0.0130 e. The Balaban J connectivity index is 0.000000310. The summed E-state index contributed by atoms with van der Waals surface area (Å²) in [6.45, 7) is 8.87. The molecule has 0 nitrogen and oxygen atoms in total. The van der Waals surface area contributed by atoms with E-state index >= 15 is 0 Å². The summed E-state index contributed by atoms with van der Waals surface area (Å²) in [5.41, 5.74) is 0. The zero-order valence-corrected chi connectivity index (χ0v) is 12.4. The van der Waals surface area contributed by atoms with Crippen LogP contribution in [0.3, 0.4) is 0 Å². The van der Waals surface area contributed by atoms with Crippen LogP contribution in [-0.2, 0) is 0 Å². The second-order valence-electron chi connectivity index (χ2n) is 4.44. The predicted octanol–water partition coefficient (Wildman–Crippen LogP) is 4.71. The first-order valence-electron chi connectivity index (χ1n) is 5.26. The second kappa shape index (κ2) is 6.54. The van der Waals surface area contributed by atoms with Gasteiger partial charge in [-0.15, -0.1) is 0 Å². The number of halogens is 1. The predicted molar refractivity (Wildman–Crippen MR) is 74.2 cm³/mol. The Morgan fingerprint density at radius 3 is 2.15 bits per heavy atom.